The average Bonchev–Trinajstić information content (AvgIpc) is 2.54. The van der Waals surface area contributed by atoms with E-state index >= 15 is 0 Å². The summed E-state index contributed by atoms with van der Waals surface area (Å²) in [4.78, 5) is 14.7. The van der Waals surface area contributed by atoms with Crippen molar-refractivity contribution in [3.63, 3.8) is 0 Å². The summed E-state index contributed by atoms with van der Waals surface area (Å²) >= 11 is 6.30. The fourth-order valence-electron chi connectivity index (χ4n) is 3.07. The highest BCUT2D eigenvalue weighted by molar-refractivity contribution is 6.31. The van der Waals surface area contributed by atoms with Crippen LogP contribution < -0.4 is 0 Å². The maximum atomic E-state index is 12.8. The molecule has 2 rings (SSSR count). The second-order valence-electron chi connectivity index (χ2n) is 6.87. The Labute approximate surface area is 156 Å². The number of hydrogen-bond acceptors (Lipinski definition) is 1. The number of rotatable bonds is 5. The lowest BCUT2D eigenvalue weighted by Gasteiger charge is -2.31. The number of carbonyl (C=O) groups excluding carboxylic acids is 1. The van der Waals surface area contributed by atoms with Crippen LogP contribution in [0.5, 0.6) is 0 Å². The van der Waals surface area contributed by atoms with Gasteiger partial charge in [0.15, 0.2) is 0 Å². The van der Waals surface area contributed by atoms with Crippen LogP contribution >= 0.6 is 11.6 Å². The average molecular weight is 356 g/mol. The maximum absolute atomic E-state index is 12.8. The minimum atomic E-state index is 0.0613. The third-order valence-corrected chi connectivity index (χ3v) is 4.31. The van der Waals surface area contributed by atoms with E-state index in [1.165, 1.54) is 0 Å². The second-order valence-corrected chi connectivity index (χ2v) is 7.30. The van der Waals surface area contributed by atoms with Gasteiger partial charge in [-0.05, 0) is 75.6 Å². The van der Waals surface area contributed by atoms with Crippen molar-refractivity contribution in [3.8, 4) is 11.1 Å². The molecular formula is C22H26ClNO. The fraction of sp³-hybridized carbons (Fsp3) is 0.318. The summed E-state index contributed by atoms with van der Waals surface area (Å²) in [5.74, 6) is 0.0613. The molecule has 0 atom stereocenters. The smallest absolute Gasteiger partial charge is 0.249 e. The van der Waals surface area contributed by atoms with Crippen molar-refractivity contribution in [2.75, 3.05) is 0 Å². The molecular weight excluding hydrogens is 330 g/mol. The molecule has 2 aromatic rings. The topological polar surface area (TPSA) is 20.3 Å². The molecule has 0 spiro atoms. The Kier molecular flexibility index (Phi) is 6.44. The van der Waals surface area contributed by atoms with E-state index in [0.29, 0.717) is 10.6 Å². The molecule has 2 aromatic carbocycles. The number of hydrogen-bond donors (Lipinski definition) is 0. The molecule has 0 N–H and O–H groups in total. The molecule has 0 unspecified atom stereocenters. The maximum Gasteiger partial charge on any atom is 0.249 e. The first-order chi connectivity index (χ1) is 11.8. The molecule has 0 heterocycles. The van der Waals surface area contributed by atoms with Crippen LogP contribution in [-0.2, 0) is 4.79 Å². The SMILES string of the molecule is C/C(=C/c1cc(Cl)cc(-c2ccccc2)c1)C(=O)N(C(C)C)C(C)C. The van der Waals surface area contributed by atoms with Crippen molar-refractivity contribution in [3.05, 3.63) is 64.7 Å². The van der Waals surface area contributed by atoms with E-state index in [2.05, 4.69) is 18.2 Å². The summed E-state index contributed by atoms with van der Waals surface area (Å²) < 4.78 is 0. The van der Waals surface area contributed by atoms with Gasteiger partial charge in [-0.2, -0.15) is 0 Å². The van der Waals surface area contributed by atoms with Crippen molar-refractivity contribution in [1.29, 1.82) is 0 Å². The van der Waals surface area contributed by atoms with Crippen molar-refractivity contribution in [1.82, 2.24) is 4.90 Å². The van der Waals surface area contributed by atoms with Gasteiger partial charge in [-0.25, -0.2) is 0 Å². The zero-order valence-corrected chi connectivity index (χ0v) is 16.3. The Balaban J connectivity index is 2.37. The quantitative estimate of drug-likeness (QED) is 0.597. The monoisotopic (exact) mass is 355 g/mol. The van der Waals surface area contributed by atoms with Gasteiger partial charge in [-0.3, -0.25) is 4.79 Å². The van der Waals surface area contributed by atoms with Gasteiger partial charge in [0.1, 0.15) is 0 Å². The van der Waals surface area contributed by atoms with Gasteiger partial charge in [0, 0.05) is 22.7 Å². The summed E-state index contributed by atoms with van der Waals surface area (Å²) in [6, 6.07) is 16.3. The van der Waals surface area contributed by atoms with Crippen LogP contribution in [0.1, 0.15) is 40.2 Å². The lowest BCUT2D eigenvalue weighted by molar-refractivity contribution is -0.130. The molecule has 132 valence electrons. The Morgan fingerprint density at radius 3 is 2.12 bits per heavy atom. The summed E-state index contributed by atoms with van der Waals surface area (Å²) in [6.45, 7) is 10.0. The third kappa shape index (κ3) is 4.96. The highest BCUT2D eigenvalue weighted by atomic mass is 35.5. The van der Waals surface area contributed by atoms with E-state index in [9.17, 15) is 4.79 Å². The minimum Gasteiger partial charge on any atom is -0.334 e. The molecule has 0 aliphatic heterocycles. The highest BCUT2D eigenvalue weighted by Crippen LogP contribution is 2.26. The molecule has 0 bridgehead atoms. The van der Waals surface area contributed by atoms with Crippen LogP contribution in [0.3, 0.4) is 0 Å². The highest BCUT2D eigenvalue weighted by Gasteiger charge is 2.21. The molecule has 0 radical (unpaired) electrons. The number of amides is 1. The Hall–Kier alpha value is -2.06. The van der Waals surface area contributed by atoms with Crippen molar-refractivity contribution in [2.45, 2.75) is 46.7 Å². The van der Waals surface area contributed by atoms with E-state index in [0.717, 1.165) is 16.7 Å². The van der Waals surface area contributed by atoms with Gasteiger partial charge >= 0.3 is 0 Å². The summed E-state index contributed by atoms with van der Waals surface area (Å²) in [5.41, 5.74) is 3.80. The summed E-state index contributed by atoms with van der Waals surface area (Å²) in [5, 5.41) is 0.664. The third-order valence-electron chi connectivity index (χ3n) is 4.09. The van der Waals surface area contributed by atoms with Gasteiger partial charge in [0.05, 0.1) is 0 Å². The lowest BCUT2D eigenvalue weighted by atomic mass is 10.0. The van der Waals surface area contributed by atoms with E-state index < -0.39 is 0 Å². The molecule has 1 amide bonds. The summed E-state index contributed by atoms with van der Waals surface area (Å²) in [6.07, 6.45) is 1.92. The Morgan fingerprint density at radius 2 is 1.56 bits per heavy atom. The van der Waals surface area contributed by atoms with Gasteiger partial charge in [-0.15, -0.1) is 0 Å². The first-order valence-corrected chi connectivity index (χ1v) is 9.04. The first-order valence-electron chi connectivity index (χ1n) is 8.66. The fourth-order valence-corrected chi connectivity index (χ4v) is 3.32. The first kappa shape index (κ1) is 19.3. The molecule has 0 fully saturated rings. The van der Waals surface area contributed by atoms with Gasteiger partial charge in [0.25, 0.3) is 0 Å². The number of benzene rings is 2. The molecule has 0 aliphatic rings. The standard InChI is InChI=1S/C22H26ClNO/c1-15(2)24(16(3)4)22(25)17(5)11-18-12-20(14-21(23)13-18)19-9-7-6-8-10-19/h6-16H,1-5H3/b17-11-. The molecule has 25 heavy (non-hydrogen) atoms. The molecule has 0 saturated heterocycles. The molecule has 0 saturated carbocycles. The normalized spacial score (nSPS) is 11.9. The van der Waals surface area contributed by atoms with Gasteiger partial charge < -0.3 is 4.90 Å². The van der Waals surface area contributed by atoms with Crippen LogP contribution in [0.4, 0.5) is 0 Å². The summed E-state index contributed by atoms with van der Waals surface area (Å²) in [7, 11) is 0. The van der Waals surface area contributed by atoms with E-state index in [1.54, 1.807) is 0 Å². The minimum absolute atomic E-state index is 0.0613. The number of halogens is 1. The van der Waals surface area contributed by atoms with Crippen LogP contribution in [0.2, 0.25) is 5.02 Å². The van der Waals surface area contributed by atoms with Crippen LogP contribution in [0, 0.1) is 0 Å². The largest absolute Gasteiger partial charge is 0.334 e. The number of carbonyl (C=O) groups is 1. The molecule has 0 aliphatic carbocycles. The lowest BCUT2D eigenvalue weighted by Crippen LogP contribution is -2.42. The Bertz CT molecular complexity index is 755. The second kappa shape index (κ2) is 8.35. The predicted octanol–water partition coefficient (Wildman–Crippen LogP) is 6.06. The van der Waals surface area contributed by atoms with Crippen LogP contribution in [0.25, 0.3) is 17.2 Å². The molecule has 0 aromatic heterocycles. The van der Waals surface area contributed by atoms with Gasteiger partial charge in [-0.1, -0.05) is 41.9 Å². The zero-order chi connectivity index (χ0) is 18.6. The molecule has 2 nitrogen and oxygen atoms in total. The van der Waals surface area contributed by atoms with Crippen molar-refractivity contribution >= 4 is 23.6 Å². The molecule has 3 heteroatoms. The number of nitrogens with zero attached hydrogens (tertiary/aromatic N) is 1. The predicted molar refractivity (Wildman–Crippen MR) is 108 cm³/mol. The van der Waals surface area contributed by atoms with Crippen molar-refractivity contribution < 1.29 is 4.79 Å². The van der Waals surface area contributed by atoms with Gasteiger partial charge in [0.2, 0.25) is 5.91 Å². The van der Waals surface area contributed by atoms with E-state index in [4.69, 9.17) is 11.6 Å². The van der Waals surface area contributed by atoms with E-state index in [1.807, 2.05) is 75.9 Å². The Morgan fingerprint density at radius 1 is 0.960 bits per heavy atom. The van der Waals surface area contributed by atoms with E-state index in [-0.39, 0.29) is 18.0 Å². The zero-order valence-electron chi connectivity index (χ0n) is 15.6. The van der Waals surface area contributed by atoms with Crippen LogP contribution in [-0.4, -0.2) is 22.9 Å². The van der Waals surface area contributed by atoms with Crippen molar-refractivity contribution in [2.24, 2.45) is 0 Å². The van der Waals surface area contributed by atoms with Crippen LogP contribution in [0.15, 0.2) is 54.1 Å².